The fourth-order valence-electron chi connectivity index (χ4n) is 2.22. The quantitative estimate of drug-likeness (QED) is 0.759. The first-order valence-electron chi connectivity index (χ1n) is 5.50. The highest BCUT2D eigenvalue weighted by molar-refractivity contribution is 5.09. The van der Waals surface area contributed by atoms with Crippen LogP contribution in [0, 0.1) is 0 Å². The molecule has 0 bridgehead atoms. The van der Waals surface area contributed by atoms with E-state index in [0.717, 1.165) is 26.2 Å². The monoisotopic (exact) mass is 193 g/mol. The Balaban J connectivity index is 2.04. The van der Waals surface area contributed by atoms with Gasteiger partial charge in [-0.2, -0.15) is 0 Å². The summed E-state index contributed by atoms with van der Waals surface area (Å²) in [6.45, 7) is 6.83. The van der Waals surface area contributed by atoms with Crippen molar-refractivity contribution in [2.75, 3.05) is 26.2 Å². The van der Waals surface area contributed by atoms with Crippen LogP contribution in [0.1, 0.15) is 25.1 Å². The van der Waals surface area contributed by atoms with Gasteiger partial charge < -0.3 is 10.3 Å². The van der Waals surface area contributed by atoms with Crippen molar-refractivity contribution >= 4 is 0 Å². The predicted molar refractivity (Wildman–Crippen MR) is 58.3 cm³/mol. The smallest absolute Gasteiger partial charge is 0.0496 e. The number of H-pyrrole nitrogens is 1. The van der Waals surface area contributed by atoms with Crippen molar-refractivity contribution in [2.45, 2.75) is 19.4 Å². The van der Waals surface area contributed by atoms with Crippen molar-refractivity contribution in [1.82, 2.24) is 15.2 Å². The highest BCUT2D eigenvalue weighted by Crippen LogP contribution is 2.22. The molecule has 0 radical (unpaired) electrons. The number of piperazine rings is 1. The second-order valence-corrected chi connectivity index (χ2v) is 3.84. The van der Waals surface area contributed by atoms with Gasteiger partial charge in [-0.25, -0.2) is 0 Å². The molecule has 0 aromatic carbocycles. The Labute approximate surface area is 85.5 Å². The van der Waals surface area contributed by atoms with E-state index >= 15 is 0 Å². The van der Waals surface area contributed by atoms with E-state index in [1.807, 2.05) is 6.20 Å². The lowest BCUT2D eigenvalue weighted by Gasteiger charge is -2.33. The summed E-state index contributed by atoms with van der Waals surface area (Å²) < 4.78 is 0. The molecule has 1 saturated heterocycles. The van der Waals surface area contributed by atoms with E-state index in [1.165, 1.54) is 12.1 Å². The van der Waals surface area contributed by atoms with Crippen LogP contribution in [0.4, 0.5) is 0 Å². The molecule has 0 saturated carbocycles. The maximum Gasteiger partial charge on any atom is 0.0496 e. The summed E-state index contributed by atoms with van der Waals surface area (Å²) in [5, 5.41) is 3.39. The summed E-state index contributed by atoms with van der Waals surface area (Å²) in [5.41, 5.74) is 1.36. The molecule has 1 atom stereocenters. The van der Waals surface area contributed by atoms with E-state index in [4.69, 9.17) is 0 Å². The second-order valence-electron chi connectivity index (χ2n) is 3.84. The van der Waals surface area contributed by atoms with Crippen molar-refractivity contribution in [2.24, 2.45) is 0 Å². The average molecular weight is 193 g/mol. The Kier molecular flexibility index (Phi) is 3.22. The predicted octanol–water partition coefficient (Wildman–Crippen LogP) is 1.37. The van der Waals surface area contributed by atoms with Crippen LogP contribution < -0.4 is 5.32 Å². The number of aromatic amines is 1. The van der Waals surface area contributed by atoms with Crippen LogP contribution in [-0.4, -0.2) is 36.1 Å². The lowest BCUT2D eigenvalue weighted by atomic mass is 10.1. The molecular formula is C11H19N3. The highest BCUT2D eigenvalue weighted by Gasteiger charge is 2.20. The number of hydrogen-bond donors (Lipinski definition) is 2. The minimum atomic E-state index is 0.576. The molecule has 1 aromatic heterocycles. The maximum absolute atomic E-state index is 3.39. The Hall–Kier alpha value is -0.800. The molecule has 3 nitrogen and oxygen atoms in total. The van der Waals surface area contributed by atoms with Crippen LogP contribution in [-0.2, 0) is 0 Å². The zero-order chi connectivity index (χ0) is 9.80. The second kappa shape index (κ2) is 4.62. The third kappa shape index (κ3) is 1.99. The van der Waals surface area contributed by atoms with Crippen molar-refractivity contribution in [3.05, 3.63) is 24.0 Å². The Morgan fingerprint density at radius 1 is 1.43 bits per heavy atom. The number of aromatic nitrogens is 1. The van der Waals surface area contributed by atoms with Gasteiger partial charge in [0.25, 0.3) is 0 Å². The molecule has 2 N–H and O–H groups in total. The van der Waals surface area contributed by atoms with Crippen LogP contribution >= 0.6 is 0 Å². The molecule has 1 aliphatic rings. The zero-order valence-corrected chi connectivity index (χ0v) is 8.79. The SMILES string of the molecule is CC[C@H](c1ccc[nH]1)N1CCNCC1. The van der Waals surface area contributed by atoms with Gasteiger partial charge in [-0.1, -0.05) is 6.92 Å². The van der Waals surface area contributed by atoms with Gasteiger partial charge in [-0.3, -0.25) is 4.90 Å². The fraction of sp³-hybridized carbons (Fsp3) is 0.636. The molecule has 2 rings (SSSR count). The van der Waals surface area contributed by atoms with Gasteiger partial charge in [0.1, 0.15) is 0 Å². The summed E-state index contributed by atoms with van der Waals surface area (Å²) >= 11 is 0. The standard InChI is InChI=1S/C11H19N3/c1-2-11(10-4-3-5-13-10)14-8-6-12-7-9-14/h3-5,11-13H,2,6-9H2,1H3/t11-/m1/s1. The number of nitrogens with one attached hydrogen (secondary N) is 2. The van der Waals surface area contributed by atoms with E-state index in [0.29, 0.717) is 6.04 Å². The normalized spacial score (nSPS) is 20.9. The maximum atomic E-state index is 3.39. The lowest BCUT2D eigenvalue weighted by molar-refractivity contribution is 0.166. The highest BCUT2D eigenvalue weighted by atomic mass is 15.2. The minimum absolute atomic E-state index is 0.576. The zero-order valence-electron chi connectivity index (χ0n) is 8.79. The molecular weight excluding hydrogens is 174 g/mol. The molecule has 0 unspecified atom stereocenters. The largest absolute Gasteiger partial charge is 0.364 e. The first-order chi connectivity index (χ1) is 6.92. The molecule has 1 aromatic rings. The van der Waals surface area contributed by atoms with Crippen molar-refractivity contribution in [3.63, 3.8) is 0 Å². The Morgan fingerprint density at radius 2 is 2.21 bits per heavy atom. The van der Waals surface area contributed by atoms with E-state index < -0.39 is 0 Å². The summed E-state index contributed by atoms with van der Waals surface area (Å²) in [7, 11) is 0. The van der Waals surface area contributed by atoms with E-state index in [1.54, 1.807) is 0 Å². The average Bonchev–Trinajstić information content (AvgIpc) is 2.74. The van der Waals surface area contributed by atoms with Crippen molar-refractivity contribution in [1.29, 1.82) is 0 Å². The van der Waals surface area contributed by atoms with Crippen LogP contribution in [0.2, 0.25) is 0 Å². The molecule has 2 heterocycles. The summed E-state index contributed by atoms with van der Waals surface area (Å²) in [4.78, 5) is 5.88. The molecule has 78 valence electrons. The van der Waals surface area contributed by atoms with Gasteiger partial charge in [0.05, 0.1) is 0 Å². The number of rotatable bonds is 3. The van der Waals surface area contributed by atoms with Crippen LogP contribution in [0.25, 0.3) is 0 Å². The van der Waals surface area contributed by atoms with Gasteiger partial charge in [-0.15, -0.1) is 0 Å². The van der Waals surface area contributed by atoms with Gasteiger partial charge >= 0.3 is 0 Å². The topological polar surface area (TPSA) is 31.1 Å². The molecule has 0 spiro atoms. The Bertz CT molecular complexity index is 250. The van der Waals surface area contributed by atoms with E-state index in [9.17, 15) is 0 Å². The molecule has 1 fully saturated rings. The van der Waals surface area contributed by atoms with E-state index in [-0.39, 0.29) is 0 Å². The van der Waals surface area contributed by atoms with Crippen LogP contribution in [0.15, 0.2) is 18.3 Å². The third-order valence-electron chi connectivity index (χ3n) is 2.96. The Morgan fingerprint density at radius 3 is 2.79 bits per heavy atom. The van der Waals surface area contributed by atoms with Gasteiger partial charge in [-0.05, 0) is 18.6 Å². The van der Waals surface area contributed by atoms with Gasteiger partial charge in [0, 0.05) is 44.1 Å². The first-order valence-corrected chi connectivity index (χ1v) is 5.50. The summed E-state index contributed by atoms with van der Waals surface area (Å²) in [6.07, 6.45) is 3.20. The molecule has 0 aliphatic carbocycles. The lowest BCUT2D eigenvalue weighted by Crippen LogP contribution is -2.45. The van der Waals surface area contributed by atoms with Gasteiger partial charge in [0.15, 0.2) is 0 Å². The van der Waals surface area contributed by atoms with Crippen LogP contribution in [0.5, 0.6) is 0 Å². The minimum Gasteiger partial charge on any atom is -0.364 e. The first kappa shape index (κ1) is 9.74. The third-order valence-corrected chi connectivity index (χ3v) is 2.96. The molecule has 3 heteroatoms. The van der Waals surface area contributed by atoms with Crippen molar-refractivity contribution < 1.29 is 0 Å². The van der Waals surface area contributed by atoms with E-state index in [2.05, 4.69) is 34.3 Å². The fourth-order valence-corrected chi connectivity index (χ4v) is 2.22. The summed E-state index contributed by atoms with van der Waals surface area (Å²) in [6, 6.07) is 4.85. The van der Waals surface area contributed by atoms with Gasteiger partial charge in [0.2, 0.25) is 0 Å². The number of hydrogen-bond acceptors (Lipinski definition) is 2. The molecule has 14 heavy (non-hydrogen) atoms. The van der Waals surface area contributed by atoms with Crippen LogP contribution in [0.3, 0.4) is 0 Å². The van der Waals surface area contributed by atoms with Crippen molar-refractivity contribution in [3.8, 4) is 0 Å². The number of nitrogens with zero attached hydrogens (tertiary/aromatic N) is 1. The summed E-state index contributed by atoms with van der Waals surface area (Å²) in [5.74, 6) is 0. The molecule has 1 aliphatic heterocycles. The molecule has 0 amide bonds.